The topological polar surface area (TPSA) is 83.1 Å². The number of hydrogen-bond donors (Lipinski definition) is 3. The summed E-state index contributed by atoms with van der Waals surface area (Å²) in [4.78, 5) is 11.6. The molecule has 0 amide bonds. The first-order chi connectivity index (χ1) is 21.6. The average Bonchev–Trinajstić information content (AvgIpc) is 3.40. The lowest BCUT2D eigenvalue weighted by atomic mass is 9.65. The van der Waals surface area contributed by atoms with Gasteiger partial charge in [-0.05, 0) is 79.7 Å². The van der Waals surface area contributed by atoms with E-state index in [2.05, 4.69) is 94.4 Å². The Hall–Kier alpha value is -3.83. The van der Waals surface area contributed by atoms with Crippen LogP contribution in [0.4, 0.5) is 13.2 Å². The molecular weight excluding hydrogens is 603 g/mol. The number of fused-ring (bicyclic) bond motifs is 1. The lowest BCUT2D eigenvalue weighted by Crippen LogP contribution is -2.53. The molecule has 0 spiro atoms. The Labute approximate surface area is 267 Å². The number of nitrogens with one attached hydrogen (secondary N) is 2. The second-order valence-corrected chi connectivity index (χ2v) is 11.8. The first-order valence-corrected chi connectivity index (χ1v) is 15.4. The molecule has 3 atom stereocenters. The number of carboxylic acid groups (broad SMARTS) is 1. The molecule has 2 aliphatic rings. The quantitative estimate of drug-likeness (QED) is 0.241. The highest BCUT2D eigenvalue weighted by atomic mass is 32.1. The second-order valence-electron chi connectivity index (χ2n) is 11.4. The normalized spacial score (nSPS) is 21.1. The molecule has 45 heavy (non-hydrogen) atoms. The molecule has 0 bridgehead atoms. The highest BCUT2D eigenvalue weighted by Crippen LogP contribution is 2.50. The van der Waals surface area contributed by atoms with Gasteiger partial charge in [0.25, 0.3) is 0 Å². The zero-order chi connectivity index (χ0) is 32.5. The Kier molecular flexibility index (Phi) is 11.7. The second kappa shape index (κ2) is 15.4. The van der Waals surface area contributed by atoms with Crippen molar-refractivity contribution in [2.75, 3.05) is 27.3 Å². The lowest BCUT2D eigenvalue weighted by Gasteiger charge is -2.46. The van der Waals surface area contributed by atoms with Gasteiger partial charge in [-0.15, -0.1) is 0 Å². The van der Waals surface area contributed by atoms with Crippen molar-refractivity contribution in [2.45, 2.75) is 62.3 Å². The Morgan fingerprint density at radius 3 is 2.20 bits per heavy atom. The molecule has 0 radical (unpaired) electrons. The van der Waals surface area contributed by atoms with Gasteiger partial charge in [-0.2, -0.15) is 13.2 Å². The van der Waals surface area contributed by atoms with E-state index in [1.54, 1.807) is 14.2 Å². The number of thiocarbonyl (C=S) groups is 1. The Bertz CT molecular complexity index is 1410. The van der Waals surface area contributed by atoms with Crippen LogP contribution in [-0.2, 0) is 23.2 Å². The van der Waals surface area contributed by atoms with E-state index >= 15 is 0 Å². The summed E-state index contributed by atoms with van der Waals surface area (Å²) in [7, 11) is 3.42. The first kappa shape index (κ1) is 34.1. The lowest BCUT2D eigenvalue weighted by molar-refractivity contribution is -0.192. The van der Waals surface area contributed by atoms with Gasteiger partial charge >= 0.3 is 12.1 Å². The van der Waals surface area contributed by atoms with Crippen LogP contribution in [0.15, 0.2) is 78.9 Å². The van der Waals surface area contributed by atoms with Crippen molar-refractivity contribution in [3.8, 4) is 11.5 Å². The van der Waals surface area contributed by atoms with Crippen molar-refractivity contribution in [3.05, 3.63) is 95.6 Å². The molecule has 0 aromatic heterocycles. The maximum Gasteiger partial charge on any atom is 0.490 e. The van der Waals surface area contributed by atoms with E-state index in [-0.39, 0.29) is 5.41 Å². The number of nitrogens with zero attached hydrogens (tertiary/aromatic N) is 1. The monoisotopic (exact) mass is 643 g/mol. The van der Waals surface area contributed by atoms with Crippen molar-refractivity contribution < 1.29 is 32.5 Å². The number of aliphatic carboxylic acids is 1. The number of rotatable bonds is 9. The molecule has 3 aromatic rings. The maximum atomic E-state index is 10.6. The minimum Gasteiger partial charge on any atom is -0.493 e. The largest absolute Gasteiger partial charge is 0.493 e. The molecule has 5 rings (SSSR count). The van der Waals surface area contributed by atoms with Gasteiger partial charge in [0.15, 0.2) is 16.6 Å². The van der Waals surface area contributed by atoms with Gasteiger partial charge < -0.3 is 25.2 Å². The number of alkyl halides is 3. The van der Waals surface area contributed by atoms with Gasteiger partial charge in [0.05, 0.1) is 14.2 Å². The molecule has 3 N–H and O–H groups in total. The SMILES string of the molecule is COc1ccc([C@@]23CC[C@@H](NC(=S)NCCc4ccccc4)C[C@@H]2N(Cc2ccccc2)CC3)cc1OC.O=C(O)C(F)(F)F. The molecule has 11 heteroatoms. The van der Waals surface area contributed by atoms with Crippen molar-refractivity contribution >= 4 is 23.3 Å². The van der Waals surface area contributed by atoms with Crippen LogP contribution < -0.4 is 20.1 Å². The molecular formula is C34H40F3N3O4S. The van der Waals surface area contributed by atoms with Crippen LogP contribution in [0.5, 0.6) is 11.5 Å². The van der Waals surface area contributed by atoms with Crippen LogP contribution in [0, 0.1) is 0 Å². The number of likely N-dealkylation sites (tertiary alicyclic amines) is 1. The summed E-state index contributed by atoms with van der Waals surface area (Å²) in [5, 5.41) is 15.0. The van der Waals surface area contributed by atoms with Crippen LogP contribution in [0.2, 0.25) is 0 Å². The highest BCUT2D eigenvalue weighted by molar-refractivity contribution is 7.80. The summed E-state index contributed by atoms with van der Waals surface area (Å²) >= 11 is 5.72. The number of carbonyl (C=O) groups is 1. The van der Waals surface area contributed by atoms with E-state index in [1.165, 1.54) is 16.7 Å². The van der Waals surface area contributed by atoms with E-state index < -0.39 is 12.1 Å². The fourth-order valence-electron chi connectivity index (χ4n) is 6.47. The number of benzene rings is 3. The molecule has 1 saturated heterocycles. The molecule has 1 saturated carbocycles. The predicted octanol–water partition coefficient (Wildman–Crippen LogP) is 6.11. The van der Waals surface area contributed by atoms with Crippen LogP contribution in [0.1, 0.15) is 42.4 Å². The third-order valence-corrected chi connectivity index (χ3v) is 8.94. The minimum absolute atomic E-state index is 0.0921. The first-order valence-electron chi connectivity index (χ1n) is 14.9. The average molecular weight is 644 g/mol. The van der Waals surface area contributed by atoms with Gasteiger partial charge in [0, 0.05) is 30.6 Å². The smallest absolute Gasteiger partial charge is 0.490 e. The zero-order valence-corrected chi connectivity index (χ0v) is 26.3. The number of carboxylic acids is 1. The molecule has 2 fully saturated rings. The van der Waals surface area contributed by atoms with Gasteiger partial charge in [0.2, 0.25) is 0 Å². The number of ether oxygens (including phenoxy) is 2. The summed E-state index contributed by atoms with van der Waals surface area (Å²) in [6.45, 7) is 2.88. The summed E-state index contributed by atoms with van der Waals surface area (Å²) in [6, 6.07) is 28.7. The molecule has 0 unspecified atom stereocenters. The summed E-state index contributed by atoms with van der Waals surface area (Å²) in [5.74, 6) is -1.17. The van der Waals surface area contributed by atoms with Crippen molar-refractivity contribution in [3.63, 3.8) is 0 Å². The van der Waals surface area contributed by atoms with Gasteiger partial charge in [-0.1, -0.05) is 66.7 Å². The van der Waals surface area contributed by atoms with Gasteiger partial charge in [0.1, 0.15) is 0 Å². The van der Waals surface area contributed by atoms with Gasteiger partial charge in [-0.3, -0.25) is 4.90 Å². The maximum absolute atomic E-state index is 10.6. The Morgan fingerprint density at radius 2 is 1.60 bits per heavy atom. The Balaban J connectivity index is 0.000000591. The number of methoxy groups -OCH3 is 2. The summed E-state index contributed by atoms with van der Waals surface area (Å²) < 4.78 is 43.0. The van der Waals surface area contributed by atoms with E-state index in [0.717, 1.165) is 68.3 Å². The third-order valence-electron chi connectivity index (χ3n) is 8.68. The standard InChI is InChI=1S/C32H39N3O2S.C2HF3O2/c1-36-28-14-13-26(21-29(28)37-2)32-17-15-27(34-31(38)33-19-16-24-9-5-3-6-10-24)22-30(32)35(20-18-32)23-25-11-7-4-8-12-25;3-2(4,5)1(6)7/h3-14,21,27,30H,15-20,22-23H2,1-2H3,(H2,33,34,38);(H,6,7)/t27-,30+,32+;/m1./s1. The minimum atomic E-state index is -5.08. The fourth-order valence-corrected chi connectivity index (χ4v) is 6.74. The molecule has 1 aliphatic carbocycles. The van der Waals surface area contributed by atoms with E-state index in [0.29, 0.717) is 12.1 Å². The van der Waals surface area contributed by atoms with Crippen LogP contribution >= 0.6 is 12.2 Å². The van der Waals surface area contributed by atoms with E-state index in [4.69, 9.17) is 31.6 Å². The number of hydrogen-bond acceptors (Lipinski definition) is 5. The van der Waals surface area contributed by atoms with Crippen molar-refractivity contribution in [2.24, 2.45) is 0 Å². The zero-order valence-electron chi connectivity index (χ0n) is 25.5. The van der Waals surface area contributed by atoms with E-state index in [9.17, 15) is 13.2 Å². The van der Waals surface area contributed by atoms with Crippen LogP contribution in [-0.4, -0.2) is 66.7 Å². The van der Waals surface area contributed by atoms with Crippen molar-refractivity contribution in [1.82, 2.24) is 15.5 Å². The molecule has 7 nitrogen and oxygen atoms in total. The summed E-state index contributed by atoms with van der Waals surface area (Å²) in [6.07, 6.45) is 0.282. The highest BCUT2D eigenvalue weighted by Gasteiger charge is 2.51. The summed E-state index contributed by atoms with van der Waals surface area (Å²) in [5.41, 5.74) is 4.14. The van der Waals surface area contributed by atoms with Crippen molar-refractivity contribution in [1.29, 1.82) is 0 Å². The van der Waals surface area contributed by atoms with Crippen LogP contribution in [0.25, 0.3) is 0 Å². The molecule has 242 valence electrons. The molecule has 1 heterocycles. The molecule has 1 aliphatic heterocycles. The van der Waals surface area contributed by atoms with Crippen LogP contribution in [0.3, 0.4) is 0 Å². The Morgan fingerprint density at radius 1 is 0.978 bits per heavy atom. The predicted molar refractivity (Wildman–Crippen MR) is 172 cm³/mol. The van der Waals surface area contributed by atoms with E-state index in [1.807, 2.05) is 0 Å². The molecule has 3 aromatic carbocycles. The number of halogens is 3. The fraction of sp³-hybridized carbons (Fsp3) is 0.412. The third kappa shape index (κ3) is 8.88. The van der Waals surface area contributed by atoms with Gasteiger partial charge in [-0.25, -0.2) is 4.79 Å².